The fourth-order valence-corrected chi connectivity index (χ4v) is 1.85. The number of nitrogens with zero attached hydrogens (tertiary/aromatic N) is 1. The van der Waals surface area contributed by atoms with E-state index in [4.69, 9.17) is 5.73 Å². The fourth-order valence-electron chi connectivity index (χ4n) is 1.85. The van der Waals surface area contributed by atoms with E-state index < -0.39 is 0 Å². The molecular weight excluding hydrogens is 266 g/mol. The topological polar surface area (TPSA) is 75.4 Å². The molecule has 0 radical (unpaired) electrons. The zero-order chi connectivity index (χ0) is 15.7. The molecule has 0 spiro atoms. The zero-order valence-electron chi connectivity index (χ0n) is 12.5. The van der Waals surface area contributed by atoms with E-state index in [2.05, 4.69) is 17.2 Å². The molecule has 2 amide bonds. The predicted molar refractivity (Wildman–Crippen MR) is 82.6 cm³/mol. The third kappa shape index (κ3) is 4.93. The maximum absolute atomic E-state index is 12.5. The summed E-state index contributed by atoms with van der Waals surface area (Å²) < 4.78 is 0. The first-order chi connectivity index (χ1) is 10.1. The van der Waals surface area contributed by atoms with Crippen molar-refractivity contribution in [2.75, 3.05) is 26.2 Å². The highest BCUT2D eigenvalue weighted by Crippen LogP contribution is 2.11. The number of rotatable bonds is 5. The highest BCUT2D eigenvalue weighted by molar-refractivity contribution is 5.98. The molecule has 0 saturated carbocycles. The molecule has 1 rings (SSSR count). The number of benzene rings is 1. The minimum atomic E-state index is -0.203. The van der Waals surface area contributed by atoms with Gasteiger partial charge >= 0.3 is 0 Å². The molecule has 0 aromatic heterocycles. The van der Waals surface area contributed by atoms with E-state index in [0.717, 1.165) is 0 Å². The van der Waals surface area contributed by atoms with Crippen LogP contribution in [0.4, 0.5) is 0 Å². The van der Waals surface area contributed by atoms with E-state index >= 15 is 0 Å². The van der Waals surface area contributed by atoms with Gasteiger partial charge in [-0.2, -0.15) is 0 Å². The lowest BCUT2D eigenvalue weighted by molar-refractivity contribution is -0.121. The summed E-state index contributed by atoms with van der Waals surface area (Å²) in [4.78, 5) is 25.7. The number of amides is 2. The summed E-state index contributed by atoms with van der Waals surface area (Å²) in [6.07, 6.45) is 0. The van der Waals surface area contributed by atoms with Gasteiger partial charge in [0.2, 0.25) is 5.91 Å². The number of nitrogens with one attached hydrogen (secondary N) is 1. The van der Waals surface area contributed by atoms with E-state index in [0.29, 0.717) is 24.2 Å². The zero-order valence-corrected chi connectivity index (χ0v) is 12.5. The minimum absolute atomic E-state index is 0.0435. The standard InChI is InChI=1S/C16H21N3O2/c1-3-18-15(20)12-19(4-2)16(21)14-10-6-5-8-13(14)9-7-11-17/h5-6,8,10H,3-4,11-12,17H2,1-2H3,(H,18,20). The summed E-state index contributed by atoms with van der Waals surface area (Å²) in [6.45, 7) is 4.96. The third-order valence-corrected chi connectivity index (χ3v) is 2.86. The Morgan fingerprint density at radius 2 is 2.00 bits per heavy atom. The second kappa shape index (κ2) is 8.77. The molecule has 0 aliphatic rings. The quantitative estimate of drug-likeness (QED) is 0.779. The Morgan fingerprint density at radius 3 is 2.62 bits per heavy atom. The molecule has 0 bridgehead atoms. The average Bonchev–Trinajstić information content (AvgIpc) is 2.50. The van der Waals surface area contributed by atoms with Crippen molar-refractivity contribution in [3.8, 4) is 11.8 Å². The average molecular weight is 287 g/mol. The molecule has 3 N–H and O–H groups in total. The van der Waals surface area contributed by atoms with Crippen LogP contribution in [0.2, 0.25) is 0 Å². The summed E-state index contributed by atoms with van der Waals surface area (Å²) >= 11 is 0. The molecule has 0 aliphatic carbocycles. The highest BCUT2D eigenvalue weighted by Gasteiger charge is 2.18. The Balaban J connectivity index is 2.97. The van der Waals surface area contributed by atoms with Gasteiger partial charge < -0.3 is 16.0 Å². The lowest BCUT2D eigenvalue weighted by Crippen LogP contribution is -2.40. The van der Waals surface area contributed by atoms with Gasteiger partial charge in [0.1, 0.15) is 0 Å². The van der Waals surface area contributed by atoms with Crippen LogP contribution in [0.25, 0.3) is 0 Å². The lowest BCUT2D eigenvalue weighted by Gasteiger charge is -2.20. The monoisotopic (exact) mass is 287 g/mol. The third-order valence-electron chi connectivity index (χ3n) is 2.86. The number of hydrogen-bond acceptors (Lipinski definition) is 3. The Bertz CT molecular complexity index is 558. The molecule has 0 atom stereocenters. The number of hydrogen-bond donors (Lipinski definition) is 2. The molecule has 0 unspecified atom stereocenters. The predicted octanol–water partition coefficient (Wildman–Crippen LogP) is 0.595. The Hall–Kier alpha value is -2.32. The normalized spacial score (nSPS) is 9.48. The van der Waals surface area contributed by atoms with E-state index in [1.54, 1.807) is 18.2 Å². The van der Waals surface area contributed by atoms with Crippen molar-refractivity contribution in [3.63, 3.8) is 0 Å². The van der Waals surface area contributed by atoms with Gasteiger partial charge in [-0.05, 0) is 26.0 Å². The second-order valence-corrected chi connectivity index (χ2v) is 4.32. The van der Waals surface area contributed by atoms with Crippen molar-refractivity contribution in [1.82, 2.24) is 10.2 Å². The maximum Gasteiger partial charge on any atom is 0.255 e. The first kappa shape index (κ1) is 16.7. The summed E-state index contributed by atoms with van der Waals surface area (Å²) in [7, 11) is 0. The van der Waals surface area contributed by atoms with E-state index in [1.807, 2.05) is 19.9 Å². The van der Waals surface area contributed by atoms with E-state index in [-0.39, 0.29) is 24.9 Å². The molecule has 21 heavy (non-hydrogen) atoms. The molecule has 1 aromatic rings. The Labute approximate surface area is 125 Å². The molecule has 0 heterocycles. The Kier molecular flexibility index (Phi) is 6.99. The van der Waals surface area contributed by atoms with Crippen LogP contribution >= 0.6 is 0 Å². The largest absolute Gasteiger partial charge is 0.355 e. The lowest BCUT2D eigenvalue weighted by atomic mass is 10.1. The SMILES string of the molecule is CCNC(=O)CN(CC)C(=O)c1ccccc1C#CCN. The second-order valence-electron chi connectivity index (χ2n) is 4.32. The van der Waals surface area contributed by atoms with Gasteiger partial charge in [-0.25, -0.2) is 0 Å². The van der Waals surface area contributed by atoms with Crippen molar-refractivity contribution < 1.29 is 9.59 Å². The minimum Gasteiger partial charge on any atom is -0.355 e. The van der Waals surface area contributed by atoms with Crippen molar-refractivity contribution in [3.05, 3.63) is 35.4 Å². The maximum atomic E-state index is 12.5. The highest BCUT2D eigenvalue weighted by atomic mass is 16.2. The first-order valence-corrected chi connectivity index (χ1v) is 6.97. The summed E-state index contributed by atoms with van der Waals surface area (Å²) in [5, 5.41) is 2.69. The molecule has 0 aliphatic heterocycles. The molecule has 0 fully saturated rings. The van der Waals surface area contributed by atoms with Crippen LogP contribution in [0, 0.1) is 11.8 Å². The van der Waals surface area contributed by atoms with Gasteiger partial charge in [-0.3, -0.25) is 9.59 Å². The van der Waals surface area contributed by atoms with E-state index in [1.165, 1.54) is 4.90 Å². The summed E-state index contributed by atoms with van der Waals surface area (Å²) in [5.41, 5.74) is 6.48. The van der Waals surface area contributed by atoms with E-state index in [9.17, 15) is 9.59 Å². The van der Waals surface area contributed by atoms with Crippen molar-refractivity contribution in [2.24, 2.45) is 5.73 Å². The molecular formula is C16H21N3O2. The fraction of sp³-hybridized carbons (Fsp3) is 0.375. The smallest absolute Gasteiger partial charge is 0.255 e. The van der Waals surface area contributed by atoms with Gasteiger partial charge in [0.05, 0.1) is 18.7 Å². The number of carbonyl (C=O) groups excluding carboxylic acids is 2. The van der Waals surface area contributed by atoms with Crippen LogP contribution in [0.5, 0.6) is 0 Å². The Morgan fingerprint density at radius 1 is 1.29 bits per heavy atom. The van der Waals surface area contributed by atoms with Gasteiger partial charge in [0.25, 0.3) is 5.91 Å². The summed E-state index contributed by atoms with van der Waals surface area (Å²) in [6, 6.07) is 7.08. The molecule has 1 aromatic carbocycles. The number of likely N-dealkylation sites (N-methyl/N-ethyl adjacent to an activating group) is 2. The number of carbonyl (C=O) groups is 2. The summed E-state index contributed by atoms with van der Waals surface area (Å²) in [5.74, 6) is 5.26. The van der Waals surface area contributed by atoms with Crippen LogP contribution < -0.4 is 11.1 Å². The number of nitrogens with two attached hydrogens (primary N) is 1. The first-order valence-electron chi connectivity index (χ1n) is 6.97. The van der Waals surface area contributed by atoms with Crippen LogP contribution in [0.15, 0.2) is 24.3 Å². The van der Waals surface area contributed by atoms with Gasteiger partial charge in [-0.15, -0.1) is 0 Å². The molecule has 5 heteroatoms. The van der Waals surface area contributed by atoms with Crippen molar-refractivity contribution in [1.29, 1.82) is 0 Å². The van der Waals surface area contributed by atoms with Crippen LogP contribution in [-0.4, -0.2) is 42.9 Å². The van der Waals surface area contributed by atoms with Crippen LogP contribution in [-0.2, 0) is 4.79 Å². The molecule has 112 valence electrons. The van der Waals surface area contributed by atoms with Crippen molar-refractivity contribution in [2.45, 2.75) is 13.8 Å². The van der Waals surface area contributed by atoms with Crippen LogP contribution in [0.1, 0.15) is 29.8 Å². The van der Waals surface area contributed by atoms with Gasteiger partial charge in [0, 0.05) is 18.7 Å². The molecule has 5 nitrogen and oxygen atoms in total. The van der Waals surface area contributed by atoms with Crippen LogP contribution in [0.3, 0.4) is 0 Å². The molecule has 0 saturated heterocycles. The van der Waals surface area contributed by atoms with Gasteiger partial charge in [-0.1, -0.05) is 24.0 Å². The van der Waals surface area contributed by atoms with Crippen molar-refractivity contribution >= 4 is 11.8 Å². The van der Waals surface area contributed by atoms with Gasteiger partial charge in [0.15, 0.2) is 0 Å².